The van der Waals surface area contributed by atoms with Crippen molar-refractivity contribution >= 4 is 17.4 Å². The number of rotatable bonds is 5. The largest absolute Gasteiger partial charge is 0.478 e. The highest BCUT2D eigenvalue weighted by Gasteiger charge is 2.10. The summed E-state index contributed by atoms with van der Waals surface area (Å²) in [5, 5.41) is 19.0. The number of nitro benzene ring substituents is 1. The summed E-state index contributed by atoms with van der Waals surface area (Å²) < 4.78 is 0. The van der Waals surface area contributed by atoms with Crippen LogP contribution < -0.4 is 5.73 Å². The van der Waals surface area contributed by atoms with E-state index in [9.17, 15) is 19.7 Å². The molecule has 0 radical (unpaired) electrons. The average Bonchev–Trinajstić information content (AvgIpc) is 2.74. The number of carboxylic acid groups (broad SMARTS) is 1. The first-order valence-corrected chi connectivity index (χ1v) is 8.29. The minimum atomic E-state index is -0.909. The number of hydrogen-bond donors (Lipinski definition) is 2. The third kappa shape index (κ3) is 5.58. The minimum absolute atomic E-state index is 0.0189. The first kappa shape index (κ1) is 20.5. The van der Waals surface area contributed by atoms with Crippen LogP contribution in [-0.4, -0.2) is 21.8 Å². The van der Waals surface area contributed by atoms with Gasteiger partial charge in [0.05, 0.1) is 10.5 Å². The lowest BCUT2D eigenvalue weighted by atomic mass is 10.0. The van der Waals surface area contributed by atoms with Gasteiger partial charge in [-0.25, -0.2) is 4.79 Å². The summed E-state index contributed by atoms with van der Waals surface area (Å²) in [6.07, 6.45) is 0. The van der Waals surface area contributed by atoms with Crippen LogP contribution in [0.25, 0.3) is 0 Å². The smallest absolute Gasteiger partial charge is 0.335 e. The van der Waals surface area contributed by atoms with E-state index in [4.69, 9.17) is 10.8 Å². The van der Waals surface area contributed by atoms with Crippen molar-refractivity contribution in [1.82, 2.24) is 0 Å². The van der Waals surface area contributed by atoms with E-state index in [1.165, 1.54) is 24.3 Å². The number of aromatic carboxylic acids is 1. The molecule has 0 bridgehead atoms. The summed E-state index contributed by atoms with van der Waals surface area (Å²) in [5.41, 5.74) is 7.56. The van der Waals surface area contributed by atoms with Crippen molar-refractivity contribution in [3.63, 3.8) is 0 Å². The Morgan fingerprint density at radius 3 is 1.79 bits per heavy atom. The third-order valence-corrected chi connectivity index (χ3v) is 3.81. The molecule has 0 aromatic heterocycles. The van der Waals surface area contributed by atoms with Crippen molar-refractivity contribution in [2.75, 3.05) is 0 Å². The average molecular weight is 378 g/mol. The number of hydrogen-bond acceptors (Lipinski definition) is 5. The number of non-ortho nitro benzene ring substituents is 1. The molecule has 0 heterocycles. The Balaban J connectivity index is 0.000000221. The van der Waals surface area contributed by atoms with Crippen LogP contribution in [0.2, 0.25) is 0 Å². The second kappa shape index (κ2) is 9.75. The predicted octanol–water partition coefficient (Wildman–Crippen LogP) is 3.67. The van der Waals surface area contributed by atoms with Crippen molar-refractivity contribution in [2.24, 2.45) is 5.73 Å². The summed E-state index contributed by atoms with van der Waals surface area (Å²) in [5.74, 6) is -1.05. The van der Waals surface area contributed by atoms with Gasteiger partial charge in [-0.15, -0.1) is 0 Å². The van der Waals surface area contributed by atoms with Crippen molar-refractivity contribution < 1.29 is 19.6 Å². The molecule has 28 heavy (non-hydrogen) atoms. The fourth-order valence-corrected chi connectivity index (χ4v) is 2.27. The number of carbonyl (C=O) groups excluding carboxylic acids is 1. The molecule has 3 aromatic carbocycles. The molecule has 0 unspecified atom stereocenters. The molecular formula is C21H18N2O5. The first-order chi connectivity index (χ1) is 13.4. The van der Waals surface area contributed by atoms with Crippen molar-refractivity contribution in [3.8, 4) is 0 Å². The van der Waals surface area contributed by atoms with Gasteiger partial charge < -0.3 is 10.8 Å². The molecule has 0 spiro atoms. The van der Waals surface area contributed by atoms with Crippen molar-refractivity contribution in [2.45, 2.75) is 6.54 Å². The molecule has 0 saturated heterocycles. The van der Waals surface area contributed by atoms with Gasteiger partial charge in [0.1, 0.15) is 0 Å². The zero-order valence-corrected chi connectivity index (χ0v) is 14.8. The molecule has 0 aliphatic heterocycles. The van der Waals surface area contributed by atoms with E-state index in [1.807, 2.05) is 6.07 Å². The topological polar surface area (TPSA) is 124 Å². The second-order valence-corrected chi connectivity index (χ2v) is 5.71. The lowest BCUT2D eigenvalue weighted by Crippen LogP contribution is -2.00. The maximum atomic E-state index is 12.0. The second-order valence-electron chi connectivity index (χ2n) is 5.71. The molecule has 0 fully saturated rings. The maximum absolute atomic E-state index is 12.0. The van der Waals surface area contributed by atoms with Crippen LogP contribution in [0.5, 0.6) is 0 Å². The minimum Gasteiger partial charge on any atom is -0.478 e. The van der Waals surface area contributed by atoms with E-state index < -0.39 is 10.9 Å². The SMILES string of the molecule is NCc1ccc(C(=O)O)cc1.O=C(c1ccccc1)c1ccc([N+](=O)[O-])cc1. The zero-order valence-electron chi connectivity index (χ0n) is 14.8. The van der Waals surface area contributed by atoms with Gasteiger partial charge in [-0.1, -0.05) is 42.5 Å². The monoisotopic (exact) mass is 378 g/mol. The maximum Gasteiger partial charge on any atom is 0.335 e. The number of carbonyl (C=O) groups is 2. The quantitative estimate of drug-likeness (QED) is 0.397. The van der Waals surface area contributed by atoms with Gasteiger partial charge in [-0.3, -0.25) is 14.9 Å². The van der Waals surface area contributed by atoms with E-state index in [2.05, 4.69) is 0 Å². The number of nitrogens with zero attached hydrogens (tertiary/aromatic N) is 1. The number of carboxylic acids is 1. The molecule has 0 aliphatic carbocycles. The Bertz CT molecular complexity index is 952. The standard InChI is InChI=1S/C13H9NO3.C8H9NO2/c15-13(10-4-2-1-3-5-10)11-6-8-12(9-7-11)14(16)17;9-5-6-1-3-7(4-2-6)8(10)11/h1-9H;1-4H,5,9H2,(H,10,11). The highest BCUT2D eigenvalue weighted by molar-refractivity contribution is 6.09. The van der Waals surface area contributed by atoms with Gasteiger partial charge in [0, 0.05) is 29.8 Å². The molecule has 0 atom stereocenters. The first-order valence-electron chi connectivity index (χ1n) is 8.29. The fraction of sp³-hybridized carbons (Fsp3) is 0.0476. The summed E-state index contributed by atoms with van der Waals surface area (Å²) in [6, 6.07) is 20.9. The number of nitro groups is 1. The normalized spacial score (nSPS) is 9.75. The molecule has 7 heteroatoms. The highest BCUT2D eigenvalue weighted by Crippen LogP contribution is 2.15. The molecule has 3 aromatic rings. The Kier molecular flexibility index (Phi) is 7.13. The number of nitrogens with two attached hydrogens (primary N) is 1. The van der Waals surface area contributed by atoms with Crippen LogP contribution in [0.15, 0.2) is 78.9 Å². The van der Waals surface area contributed by atoms with Gasteiger partial charge in [-0.2, -0.15) is 0 Å². The van der Waals surface area contributed by atoms with Crippen LogP contribution in [0.3, 0.4) is 0 Å². The van der Waals surface area contributed by atoms with Crippen molar-refractivity contribution in [1.29, 1.82) is 0 Å². The fourth-order valence-electron chi connectivity index (χ4n) is 2.27. The van der Waals surface area contributed by atoms with Crippen LogP contribution in [-0.2, 0) is 6.54 Å². The number of ketones is 1. The summed E-state index contributed by atoms with van der Waals surface area (Å²) in [6.45, 7) is 0.444. The summed E-state index contributed by atoms with van der Waals surface area (Å²) in [7, 11) is 0. The van der Waals surface area contributed by atoms with Crippen LogP contribution in [0.4, 0.5) is 5.69 Å². The molecule has 7 nitrogen and oxygen atoms in total. The lowest BCUT2D eigenvalue weighted by molar-refractivity contribution is -0.384. The zero-order chi connectivity index (χ0) is 20.5. The lowest BCUT2D eigenvalue weighted by Gasteiger charge is -2.00. The molecule has 142 valence electrons. The summed E-state index contributed by atoms with van der Waals surface area (Å²) in [4.78, 5) is 32.3. The van der Waals surface area contributed by atoms with Gasteiger partial charge in [0.2, 0.25) is 0 Å². The molecule has 0 aliphatic rings. The van der Waals surface area contributed by atoms with Crippen LogP contribution >= 0.6 is 0 Å². The van der Waals surface area contributed by atoms with Crippen molar-refractivity contribution in [3.05, 3.63) is 111 Å². The molecule has 3 rings (SSSR count). The number of benzene rings is 3. The van der Waals surface area contributed by atoms with E-state index in [1.54, 1.807) is 48.5 Å². The molecule has 0 saturated carbocycles. The van der Waals surface area contributed by atoms with Crippen LogP contribution in [0, 0.1) is 10.1 Å². The Labute approximate surface area is 161 Å². The van der Waals surface area contributed by atoms with Crippen LogP contribution in [0.1, 0.15) is 31.8 Å². The van der Waals surface area contributed by atoms with Gasteiger partial charge in [0.15, 0.2) is 5.78 Å². The van der Waals surface area contributed by atoms with Gasteiger partial charge in [-0.05, 0) is 29.8 Å². The molecule has 3 N–H and O–H groups in total. The van der Waals surface area contributed by atoms with E-state index in [-0.39, 0.29) is 11.5 Å². The van der Waals surface area contributed by atoms with E-state index in [0.29, 0.717) is 23.2 Å². The third-order valence-electron chi connectivity index (χ3n) is 3.81. The Morgan fingerprint density at radius 1 is 0.821 bits per heavy atom. The highest BCUT2D eigenvalue weighted by atomic mass is 16.6. The molecular weight excluding hydrogens is 360 g/mol. The van der Waals surface area contributed by atoms with E-state index >= 15 is 0 Å². The summed E-state index contributed by atoms with van der Waals surface area (Å²) >= 11 is 0. The Hall–Kier alpha value is -3.84. The molecule has 0 amide bonds. The Morgan fingerprint density at radius 2 is 1.32 bits per heavy atom. The van der Waals surface area contributed by atoms with Gasteiger partial charge >= 0.3 is 5.97 Å². The van der Waals surface area contributed by atoms with E-state index in [0.717, 1.165) is 5.56 Å². The predicted molar refractivity (Wildman–Crippen MR) is 104 cm³/mol. The van der Waals surface area contributed by atoms with Gasteiger partial charge in [0.25, 0.3) is 5.69 Å².